The van der Waals surface area contributed by atoms with Gasteiger partial charge in [-0.2, -0.15) is 10.2 Å². The SMILES string of the molecule is Cc1cc(OC2CC(F)(F)C2)cc(CCC(=O)c2nnc(N3CC[C@@H](c4ccc(CC(=O)Cc5ccccn5)nn4)C3)s2)n1. The summed E-state index contributed by atoms with van der Waals surface area (Å²) in [6.07, 6.45) is 2.51. The van der Waals surface area contributed by atoms with Crippen LogP contribution in [0, 0.1) is 6.92 Å². The standard InChI is InChI=1S/C31H31F2N7O3S/c1-19-12-25(43-26-16-31(32,33)17-26)15-22(35-19)6-8-28(42)29-38-39-30(44-29)40-11-9-20(18-40)27-7-5-23(36-37-27)14-24(41)13-21-4-2-3-10-34-21/h2-5,7,10,12,15,20,26H,6,8-9,11,13-14,16-18H2,1H3/t20-/m1/s1. The summed E-state index contributed by atoms with van der Waals surface area (Å²) < 4.78 is 32.0. The summed E-state index contributed by atoms with van der Waals surface area (Å²) in [6.45, 7) is 3.24. The first-order valence-electron chi connectivity index (χ1n) is 14.6. The van der Waals surface area contributed by atoms with Crippen molar-refractivity contribution in [2.24, 2.45) is 0 Å². The Hall–Kier alpha value is -4.26. The molecule has 6 rings (SSSR count). The fourth-order valence-electron chi connectivity index (χ4n) is 5.41. The van der Waals surface area contributed by atoms with Crippen molar-refractivity contribution in [1.29, 1.82) is 0 Å². The number of pyridine rings is 2. The summed E-state index contributed by atoms with van der Waals surface area (Å²) in [7, 11) is 0. The van der Waals surface area contributed by atoms with E-state index in [1.165, 1.54) is 11.3 Å². The Morgan fingerprint density at radius 1 is 1.02 bits per heavy atom. The number of halogens is 2. The van der Waals surface area contributed by atoms with Crippen LogP contribution in [-0.2, 0) is 24.1 Å². The Bertz CT molecular complexity index is 1630. The van der Waals surface area contributed by atoms with Crippen LogP contribution in [0.1, 0.15) is 69.9 Å². The first kappa shape index (κ1) is 29.8. The highest BCUT2D eigenvalue weighted by Crippen LogP contribution is 2.40. The zero-order valence-corrected chi connectivity index (χ0v) is 25.0. The Morgan fingerprint density at radius 3 is 2.61 bits per heavy atom. The largest absolute Gasteiger partial charge is 0.490 e. The average Bonchev–Trinajstić information content (AvgIpc) is 3.66. The maximum Gasteiger partial charge on any atom is 0.255 e. The minimum atomic E-state index is -2.65. The second kappa shape index (κ2) is 12.8. The molecule has 1 aliphatic carbocycles. The van der Waals surface area contributed by atoms with E-state index in [0.717, 1.165) is 24.4 Å². The van der Waals surface area contributed by atoms with Crippen molar-refractivity contribution in [3.8, 4) is 5.75 Å². The fraction of sp³-hybridized carbons (Fsp3) is 0.419. The van der Waals surface area contributed by atoms with Crippen LogP contribution in [0.15, 0.2) is 48.7 Å². The predicted molar refractivity (Wildman–Crippen MR) is 158 cm³/mol. The molecular weight excluding hydrogens is 588 g/mol. The van der Waals surface area contributed by atoms with E-state index >= 15 is 0 Å². The lowest BCUT2D eigenvalue weighted by molar-refractivity contribution is -0.134. The third-order valence-electron chi connectivity index (χ3n) is 7.70. The molecule has 1 atom stereocenters. The van der Waals surface area contributed by atoms with E-state index in [2.05, 4.69) is 35.3 Å². The molecule has 1 aliphatic heterocycles. The van der Waals surface area contributed by atoms with E-state index in [-0.39, 0.29) is 49.6 Å². The molecular formula is C31H31F2N7O3S. The van der Waals surface area contributed by atoms with Gasteiger partial charge in [-0.15, -0.1) is 10.2 Å². The molecule has 4 aromatic rings. The van der Waals surface area contributed by atoms with E-state index < -0.39 is 12.0 Å². The average molecular weight is 620 g/mol. The topological polar surface area (TPSA) is 124 Å². The molecule has 0 spiro atoms. The van der Waals surface area contributed by atoms with Crippen molar-refractivity contribution in [1.82, 2.24) is 30.4 Å². The lowest BCUT2D eigenvalue weighted by Crippen LogP contribution is -2.43. The molecule has 4 aromatic heterocycles. The van der Waals surface area contributed by atoms with E-state index in [4.69, 9.17) is 4.74 Å². The van der Waals surface area contributed by atoms with Gasteiger partial charge in [0.1, 0.15) is 17.6 Å². The molecule has 0 amide bonds. The number of nitrogens with zero attached hydrogens (tertiary/aromatic N) is 7. The molecule has 44 heavy (non-hydrogen) atoms. The fourth-order valence-corrected chi connectivity index (χ4v) is 6.26. The van der Waals surface area contributed by atoms with Gasteiger partial charge in [0, 0.05) is 80.1 Å². The van der Waals surface area contributed by atoms with Gasteiger partial charge in [-0.05, 0) is 44.0 Å². The molecule has 1 saturated heterocycles. The van der Waals surface area contributed by atoms with Crippen molar-refractivity contribution in [2.75, 3.05) is 18.0 Å². The first-order valence-corrected chi connectivity index (χ1v) is 15.4. The number of aromatic nitrogens is 6. The van der Waals surface area contributed by atoms with Crippen LogP contribution in [0.25, 0.3) is 0 Å². The minimum Gasteiger partial charge on any atom is -0.490 e. The van der Waals surface area contributed by atoms with Crippen molar-refractivity contribution < 1.29 is 23.1 Å². The normalized spacial score (nSPS) is 17.8. The van der Waals surface area contributed by atoms with Gasteiger partial charge in [0.15, 0.2) is 10.8 Å². The maximum absolute atomic E-state index is 13.2. The van der Waals surface area contributed by atoms with Crippen molar-refractivity contribution >= 4 is 28.0 Å². The number of carbonyl (C=O) groups is 2. The van der Waals surface area contributed by atoms with Gasteiger partial charge in [0.25, 0.3) is 5.92 Å². The number of ether oxygens (including phenoxy) is 1. The second-order valence-electron chi connectivity index (χ2n) is 11.3. The summed E-state index contributed by atoms with van der Waals surface area (Å²) in [5.74, 6) is -2.10. The molecule has 0 radical (unpaired) electrons. The highest BCUT2D eigenvalue weighted by atomic mass is 32.1. The number of hydrogen-bond donors (Lipinski definition) is 0. The summed E-state index contributed by atoms with van der Waals surface area (Å²) in [5.41, 5.74) is 3.58. The number of hydrogen-bond acceptors (Lipinski definition) is 11. The molecule has 0 unspecified atom stereocenters. The molecule has 228 valence electrons. The highest BCUT2D eigenvalue weighted by Gasteiger charge is 2.47. The van der Waals surface area contributed by atoms with Gasteiger partial charge in [0.2, 0.25) is 5.13 Å². The van der Waals surface area contributed by atoms with Gasteiger partial charge < -0.3 is 9.64 Å². The van der Waals surface area contributed by atoms with Gasteiger partial charge in [0.05, 0.1) is 17.8 Å². The maximum atomic E-state index is 13.2. The van der Waals surface area contributed by atoms with Gasteiger partial charge in [-0.3, -0.25) is 19.6 Å². The number of ketones is 2. The summed E-state index contributed by atoms with van der Waals surface area (Å²) in [5, 5.41) is 18.1. The van der Waals surface area contributed by atoms with Crippen LogP contribution in [0.4, 0.5) is 13.9 Å². The Labute approximate surface area is 256 Å². The number of rotatable bonds is 12. The van der Waals surface area contributed by atoms with E-state index in [9.17, 15) is 18.4 Å². The minimum absolute atomic E-state index is 0.0342. The van der Waals surface area contributed by atoms with E-state index in [1.807, 2.05) is 30.3 Å². The Balaban J connectivity index is 0.987. The van der Waals surface area contributed by atoms with Crippen LogP contribution in [-0.4, -0.2) is 67.0 Å². The van der Waals surface area contributed by atoms with Crippen LogP contribution >= 0.6 is 11.3 Å². The van der Waals surface area contributed by atoms with Crippen molar-refractivity contribution in [2.45, 2.75) is 69.8 Å². The van der Waals surface area contributed by atoms with Crippen LogP contribution < -0.4 is 9.64 Å². The number of alkyl halides is 2. The summed E-state index contributed by atoms with van der Waals surface area (Å²) in [4.78, 5) is 36.1. The first-order chi connectivity index (χ1) is 21.2. The second-order valence-corrected chi connectivity index (χ2v) is 12.3. The molecule has 0 bridgehead atoms. The zero-order valence-electron chi connectivity index (χ0n) is 24.2. The van der Waals surface area contributed by atoms with Gasteiger partial charge in [-0.1, -0.05) is 17.4 Å². The van der Waals surface area contributed by atoms with Crippen LogP contribution in [0.5, 0.6) is 5.75 Å². The molecule has 10 nitrogen and oxygen atoms in total. The van der Waals surface area contributed by atoms with E-state index in [1.54, 1.807) is 25.3 Å². The monoisotopic (exact) mass is 619 g/mol. The third kappa shape index (κ3) is 7.44. The molecule has 13 heteroatoms. The lowest BCUT2D eigenvalue weighted by Gasteiger charge is -2.34. The number of aryl methyl sites for hydroxylation is 2. The van der Waals surface area contributed by atoms with Crippen molar-refractivity contribution in [3.05, 3.63) is 82.1 Å². The molecule has 2 aliphatic rings. The molecule has 2 fully saturated rings. The number of Topliss-reactive ketones (excluding diaryl/α,β-unsaturated/α-hetero) is 2. The molecule has 5 heterocycles. The smallest absolute Gasteiger partial charge is 0.255 e. The molecule has 0 aromatic carbocycles. The predicted octanol–water partition coefficient (Wildman–Crippen LogP) is 4.77. The zero-order chi connectivity index (χ0) is 30.7. The Kier molecular flexibility index (Phi) is 8.65. The third-order valence-corrected chi connectivity index (χ3v) is 8.72. The highest BCUT2D eigenvalue weighted by molar-refractivity contribution is 7.17. The Morgan fingerprint density at radius 2 is 1.86 bits per heavy atom. The number of carbonyl (C=O) groups excluding carboxylic acids is 2. The summed E-state index contributed by atoms with van der Waals surface area (Å²) >= 11 is 1.27. The van der Waals surface area contributed by atoms with Gasteiger partial charge in [-0.25, -0.2) is 8.78 Å². The molecule has 0 N–H and O–H groups in total. The van der Waals surface area contributed by atoms with Crippen molar-refractivity contribution in [3.63, 3.8) is 0 Å². The quantitative estimate of drug-likeness (QED) is 0.205. The lowest BCUT2D eigenvalue weighted by atomic mass is 9.91. The molecule has 1 saturated carbocycles. The summed E-state index contributed by atoms with van der Waals surface area (Å²) in [6, 6.07) is 12.7. The van der Waals surface area contributed by atoms with Crippen LogP contribution in [0.3, 0.4) is 0 Å². The van der Waals surface area contributed by atoms with E-state index in [0.29, 0.717) is 45.9 Å². The van der Waals surface area contributed by atoms with Crippen LogP contribution in [0.2, 0.25) is 0 Å². The van der Waals surface area contributed by atoms with Gasteiger partial charge >= 0.3 is 0 Å². The number of anilines is 1.